The van der Waals surface area contributed by atoms with E-state index in [2.05, 4.69) is 10.1 Å². The Morgan fingerprint density at radius 2 is 2.25 bits per heavy atom. The molecular weight excluding hydrogens is 230 g/mol. The Morgan fingerprint density at radius 3 is 2.81 bits per heavy atom. The summed E-state index contributed by atoms with van der Waals surface area (Å²) in [5.41, 5.74) is 0. The van der Waals surface area contributed by atoms with Crippen LogP contribution in [0, 0.1) is 5.92 Å². The first-order valence-corrected chi connectivity index (χ1v) is 7.33. The second-order valence-corrected chi connectivity index (χ2v) is 6.38. The third-order valence-corrected chi connectivity index (χ3v) is 4.54. The Labute approximate surface area is 96.5 Å². The minimum absolute atomic E-state index is 0.0427. The second kappa shape index (κ2) is 6.20. The number of esters is 1. The third kappa shape index (κ3) is 4.94. The summed E-state index contributed by atoms with van der Waals surface area (Å²) in [6.45, 7) is 1.73. The van der Waals surface area contributed by atoms with E-state index in [0.717, 1.165) is 25.9 Å². The summed E-state index contributed by atoms with van der Waals surface area (Å²) in [5.74, 6) is -0.200. The highest BCUT2D eigenvalue weighted by molar-refractivity contribution is 7.91. The van der Waals surface area contributed by atoms with Crippen LogP contribution in [0.2, 0.25) is 0 Å². The first-order valence-electron chi connectivity index (χ1n) is 5.51. The topological polar surface area (TPSA) is 72.5 Å². The Balaban J connectivity index is 2.35. The standard InChI is InChI=1S/C10H19NO4S/c1-15-10(12)4-6-16(13,14)8-9-3-2-5-11-7-9/h9,11H,2-8H2,1H3/t9-/m0/s1. The molecule has 1 atom stereocenters. The molecule has 5 nitrogen and oxygen atoms in total. The summed E-state index contributed by atoms with van der Waals surface area (Å²) in [6, 6.07) is 0. The van der Waals surface area contributed by atoms with Crippen molar-refractivity contribution in [3.05, 3.63) is 0 Å². The largest absolute Gasteiger partial charge is 0.469 e. The lowest BCUT2D eigenvalue weighted by molar-refractivity contribution is -0.140. The summed E-state index contributed by atoms with van der Waals surface area (Å²) in [6.07, 6.45) is 1.93. The van der Waals surface area contributed by atoms with Crippen molar-refractivity contribution in [2.45, 2.75) is 19.3 Å². The normalized spacial score (nSPS) is 21.7. The van der Waals surface area contributed by atoms with Crippen LogP contribution in [0.1, 0.15) is 19.3 Å². The van der Waals surface area contributed by atoms with Crippen molar-refractivity contribution in [3.8, 4) is 0 Å². The SMILES string of the molecule is COC(=O)CCS(=O)(=O)C[C@H]1CCCNC1. The molecule has 0 aliphatic carbocycles. The number of nitrogens with one attached hydrogen (secondary N) is 1. The Hall–Kier alpha value is -0.620. The lowest BCUT2D eigenvalue weighted by Crippen LogP contribution is -2.34. The van der Waals surface area contributed by atoms with Gasteiger partial charge in [0.15, 0.2) is 9.84 Å². The summed E-state index contributed by atoms with van der Waals surface area (Å²) in [5, 5.41) is 3.18. The van der Waals surface area contributed by atoms with E-state index >= 15 is 0 Å². The maximum atomic E-state index is 11.7. The van der Waals surface area contributed by atoms with E-state index in [4.69, 9.17) is 0 Å². The highest BCUT2D eigenvalue weighted by Crippen LogP contribution is 2.13. The van der Waals surface area contributed by atoms with Crippen LogP contribution in [0.4, 0.5) is 0 Å². The molecule has 1 aliphatic rings. The number of rotatable bonds is 5. The Bertz CT molecular complexity index is 320. The summed E-state index contributed by atoms with van der Waals surface area (Å²) in [4.78, 5) is 10.9. The van der Waals surface area contributed by atoms with Crippen molar-refractivity contribution >= 4 is 15.8 Å². The molecule has 0 unspecified atom stereocenters. The molecule has 0 amide bonds. The molecule has 0 spiro atoms. The molecule has 0 saturated carbocycles. The quantitative estimate of drug-likeness (QED) is 0.692. The molecule has 0 aromatic heterocycles. The number of carbonyl (C=O) groups is 1. The first-order chi connectivity index (χ1) is 7.53. The molecule has 1 rings (SSSR count). The fourth-order valence-electron chi connectivity index (χ4n) is 1.85. The third-order valence-electron chi connectivity index (χ3n) is 2.73. The molecule has 1 fully saturated rings. The molecule has 1 N–H and O–H groups in total. The van der Waals surface area contributed by atoms with Gasteiger partial charge in [-0.2, -0.15) is 0 Å². The molecule has 6 heteroatoms. The van der Waals surface area contributed by atoms with E-state index in [9.17, 15) is 13.2 Å². The van der Waals surface area contributed by atoms with E-state index < -0.39 is 15.8 Å². The van der Waals surface area contributed by atoms with Gasteiger partial charge in [-0.25, -0.2) is 8.42 Å². The fraction of sp³-hybridized carbons (Fsp3) is 0.900. The number of ether oxygens (including phenoxy) is 1. The van der Waals surface area contributed by atoms with Gasteiger partial charge in [-0.1, -0.05) is 0 Å². The number of hydrogen-bond acceptors (Lipinski definition) is 5. The Morgan fingerprint density at radius 1 is 1.50 bits per heavy atom. The van der Waals surface area contributed by atoms with E-state index in [1.807, 2.05) is 0 Å². The maximum Gasteiger partial charge on any atom is 0.306 e. The van der Waals surface area contributed by atoms with Crippen LogP contribution in [-0.2, 0) is 19.4 Å². The van der Waals surface area contributed by atoms with Crippen LogP contribution in [0.25, 0.3) is 0 Å². The van der Waals surface area contributed by atoms with Gasteiger partial charge in [0.1, 0.15) is 0 Å². The van der Waals surface area contributed by atoms with Gasteiger partial charge < -0.3 is 10.1 Å². The number of sulfone groups is 1. The van der Waals surface area contributed by atoms with Crippen molar-refractivity contribution in [1.29, 1.82) is 0 Å². The maximum absolute atomic E-state index is 11.7. The average Bonchev–Trinajstić information content (AvgIpc) is 2.27. The van der Waals surface area contributed by atoms with E-state index in [1.165, 1.54) is 7.11 Å². The summed E-state index contributed by atoms with van der Waals surface area (Å²) < 4.78 is 27.8. The van der Waals surface area contributed by atoms with Crippen LogP contribution in [0.15, 0.2) is 0 Å². The summed E-state index contributed by atoms with van der Waals surface area (Å²) >= 11 is 0. The van der Waals surface area contributed by atoms with Gasteiger partial charge in [0.05, 0.1) is 25.0 Å². The minimum atomic E-state index is -3.13. The van der Waals surface area contributed by atoms with Crippen molar-refractivity contribution in [2.75, 3.05) is 31.7 Å². The molecule has 0 radical (unpaired) electrons. The zero-order valence-corrected chi connectivity index (χ0v) is 10.4. The van der Waals surface area contributed by atoms with E-state index in [1.54, 1.807) is 0 Å². The molecular formula is C10H19NO4S. The monoisotopic (exact) mass is 249 g/mol. The zero-order chi connectivity index (χ0) is 12.0. The number of hydrogen-bond donors (Lipinski definition) is 1. The van der Waals surface area contributed by atoms with E-state index in [0.29, 0.717) is 0 Å². The average molecular weight is 249 g/mol. The van der Waals surface area contributed by atoms with Gasteiger partial charge >= 0.3 is 5.97 Å². The highest BCUT2D eigenvalue weighted by Gasteiger charge is 2.21. The molecule has 16 heavy (non-hydrogen) atoms. The Kier molecular flexibility index (Phi) is 5.21. The van der Waals surface area contributed by atoms with Gasteiger partial charge in [0.2, 0.25) is 0 Å². The van der Waals surface area contributed by atoms with Crippen LogP contribution in [-0.4, -0.2) is 46.1 Å². The van der Waals surface area contributed by atoms with E-state index in [-0.39, 0.29) is 23.8 Å². The first kappa shape index (κ1) is 13.4. The number of carbonyl (C=O) groups excluding carboxylic acids is 1. The van der Waals surface area contributed by atoms with Gasteiger partial charge in [0.25, 0.3) is 0 Å². The molecule has 1 saturated heterocycles. The molecule has 0 aromatic rings. The lowest BCUT2D eigenvalue weighted by Gasteiger charge is -2.22. The van der Waals surface area contributed by atoms with Crippen LogP contribution >= 0.6 is 0 Å². The van der Waals surface area contributed by atoms with Gasteiger partial charge in [-0.05, 0) is 31.8 Å². The molecule has 94 valence electrons. The number of piperidine rings is 1. The summed E-state index contributed by atoms with van der Waals surface area (Å²) in [7, 11) is -1.86. The molecule has 0 bridgehead atoms. The highest BCUT2D eigenvalue weighted by atomic mass is 32.2. The molecule has 1 aliphatic heterocycles. The number of methoxy groups -OCH3 is 1. The van der Waals surface area contributed by atoms with Crippen molar-refractivity contribution < 1.29 is 17.9 Å². The van der Waals surface area contributed by atoms with Crippen molar-refractivity contribution in [1.82, 2.24) is 5.32 Å². The predicted octanol–water partition coefficient (Wildman–Crippen LogP) is -0.0361. The molecule has 0 aromatic carbocycles. The van der Waals surface area contributed by atoms with Gasteiger partial charge in [0, 0.05) is 0 Å². The second-order valence-electron chi connectivity index (χ2n) is 4.15. The van der Waals surface area contributed by atoms with Crippen molar-refractivity contribution in [3.63, 3.8) is 0 Å². The minimum Gasteiger partial charge on any atom is -0.469 e. The van der Waals surface area contributed by atoms with Gasteiger partial charge in [-0.15, -0.1) is 0 Å². The predicted molar refractivity (Wildman–Crippen MR) is 60.9 cm³/mol. The van der Waals surface area contributed by atoms with Gasteiger partial charge in [-0.3, -0.25) is 4.79 Å². The van der Waals surface area contributed by atoms with Crippen LogP contribution < -0.4 is 5.32 Å². The fourth-order valence-corrected chi connectivity index (χ4v) is 3.50. The lowest BCUT2D eigenvalue weighted by atomic mass is 10.0. The smallest absolute Gasteiger partial charge is 0.306 e. The van der Waals surface area contributed by atoms with Crippen LogP contribution in [0.5, 0.6) is 0 Å². The molecule has 1 heterocycles. The zero-order valence-electron chi connectivity index (χ0n) is 9.57. The van der Waals surface area contributed by atoms with Crippen LogP contribution in [0.3, 0.4) is 0 Å². The van der Waals surface area contributed by atoms with Crippen molar-refractivity contribution in [2.24, 2.45) is 5.92 Å².